The monoisotopic (exact) mass is 660 g/mol. The van der Waals surface area contributed by atoms with Gasteiger partial charge in [0.25, 0.3) is 15.7 Å². The van der Waals surface area contributed by atoms with Crippen molar-refractivity contribution in [1.29, 1.82) is 0 Å². The number of aryl methyl sites for hydroxylation is 1. The number of nitrogens with one attached hydrogen (secondary N) is 2. The van der Waals surface area contributed by atoms with Gasteiger partial charge in [-0.3, -0.25) is 13.9 Å². The molecule has 244 valence electrons. The minimum absolute atomic E-state index is 0.136. The summed E-state index contributed by atoms with van der Waals surface area (Å²) in [5.74, 6) is 0. The van der Waals surface area contributed by atoms with Gasteiger partial charge < -0.3 is 24.2 Å². The quantitative estimate of drug-likeness (QED) is 0.331. The highest BCUT2D eigenvalue weighted by molar-refractivity contribution is 7.90. The summed E-state index contributed by atoms with van der Waals surface area (Å²) in [6.45, 7) is 23.5. The van der Waals surface area contributed by atoms with Crippen LogP contribution in [-0.2, 0) is 34.9 Å². The van der Waals surface area contributed by atoms with Crippen LogP contribution in [0.3, 0.4) is 0 Å². The molecule has 1 spiro atoms. The molecule has 1 fully saturated rings. The minimum Gasteiger partial charge on any atom is -0.406 e. The van der Waals surface area contributed by atoms with Crippen molar-refractivity contribution in [2.45, 2.75) is 116 Å². The van der Waals surface area contributed by atoms with Crippen molar-refractivity contribution >= 4 is 32.8 Å². The van der Waals surface area contributed by atoms with E-state index in [1.54, 1.807) is 13.8 Å². The van der Waals surface area contributed by atoms with Gasteiger partial charge in [-0.1, -0.05) is 41.5 Å². The predicted octanol–water partition coefficient (Wildman–Crippen LogP) is 3.38. The highest BCUT2D eigenvalue weighted by Gasteiger charge is 2.69. The Labute approximate surface area is 256 Å². The Morgan fingerprint density at radius 3 is 2.09 bits per heavy atom. The summed E-state index contributed by atoms with van der Waals surface area (Å²) in [6.07, 6.45) is -2.66. The normalized spacial score (nSPS) is 26.1. The number of ether oxygens (including phenoxy) is 1. The number of nitrogens with zero attached hydrogens (tertiary/aromatic N) is 2. The van der Waals surface area contributed by atoms with Crippen molar-refractivity contribution in [2.75, 3.05) is 6.54 Å². The lowest BCUT2D eigenvalue weighted by atomic mass is 9.93. The van der Waals surface area contributed by atoms with Gasteiger partial charge in [-0.15, -0.1) is 0 Å². The van der Waals surface area contributed by atoms with Crippen LogP contribution in [0, 0.1) is 6.92 Å². The van der Waals surface area contributed by atoms with Crippen LogP contribution in [0.5, 0.6) is 0 Å². The van der Waals surface area contributed by atoms with Crippen LogP contribution in [0.25, 0.3) is 0 Å². The molecule has 2 aliphatic heterocycles. The van der Waals surface area contributed by atoms with Crippen molar-refractivity contribution in [3.8, 4) is 0 Å². The van der Waals surface area contributed by atoms with Crippen LogP contribution in [0.1, 0.15) is 60.3 Å². The molecule has 2 amide bonds. The predicted molar refractivity (Wildman–Crippen MR) is 168 cm³/mol. The van der Waals surface area contributed by atoms with Crippen LogP contribution < -0.4 is 21.9 Å². The van der Waals surface area contributed by atoms with Crippen LogP contribution in [0.4, 0.5) is 4.79 Å². The third-order valence-electron chi connectivity index (χ3n) is 9.01. The fourth-order valence-corrected chi connectivity index (χ4v) is 8.03. The summed E-state index contributed by atoms with van der Waals surface area (Å²) in [5.41, 5.74) is -3.10. The Morgan fingerprint density at radius 1 is 1.05 bits per heavy atom. The maximum absolute atomic E-state index is 13.6. The van der Waals surface area contributed by atoms with E-state index in [9.17, 15) is 22.8 Å². The second-order valence-corrected chi connectivity index (χ2v) is 25.2. The molecule has 2 aliphatic rings. The number of hydrogen-bond acceptors (Lipinski definition) is 9. The number of aromatic nitrogens is 2. The fraction of sp³-hybridized carbons (Fsp3) is 0.741. The summed E-state index contributed by atoms with van der Waals surface area (Å²) < 4.78 is 54.9. The summed E-state index contributed by atoms with van der Waals surface area (Å²) in [5, 5.41) is 5.40. The Kier molecular flexibility index (Phi) is 9.36. The highest BCUT2D eigenvalue weighted by atomic mass is 32.2. The SMILES string of the molecule is CCNC(=O)NC1=CS(=O)(=O)OC12C(O[Si](C)(C)C(C)(C)C)O[C@@H](n1cc(C)c(=O)n(C)c1=O)C2O[Si](C)(C)C(C)(C)C. The largest absolute Gasteiger partial charge is 0.406 e. The van der Waals surface area contributed by atoms with E-state index in [0.29, 0.717) is 0 Å². The molecule has 2 N–H and O–H groups in total. The van der Waals surface area contributed by atoms with Crippen molar-refractivity contribution in [2.24, 2.45) is 7.05 Å². The Bertz CT molecular complexity index is 1520. The zero-order valence-electron chi connectivity index (χ0n) is 27.6. The third-order valence-corrected chi connectivity index (χ3v) is 18.9. The zero-order chi connectivity index (χ0) is 33.1. The molecule has 1 saturated heterocycles. The average molecular weight is 661 g/mol. The smallest absolute Gasteiger partial charge is 0.332 e. The molecule has 0 aromatic carbocycles. The van der Waals surface area contributed by atoms with Crippen molar-refractivity contribution < 1.29 is 31.0 Å². The summed E-state index contributed by atoms with van der Waals surface area (Å²) in [6, 6.07) is -0.662. The molecule has 0 bridgehead atoms. The molecule has 1 aromatic rings. The van der Waals surface area contributed by atoms with Crippen LogP contribution >= 0.6 is 0 Å². The average Bonchev–Trinajstić information content (AvgIpc) is 3.25. The fourth-order valence-electron chi connectivity index (χ4n) is 4.40. The van der Waals surface area contributed by atoms with Crippen LogP contribution in [0.15, 0.2) is 26.9 Å². The molecule has 0 radical (unpaired) electrons. The number of rotatable bonds is 7. The standard InChI is InChI=1S/C27H48N4O9SSi2/c1-14-28-23(33)29-18-16-41(35,36)40-27(18)19(38-42(10,11)25(3,4)5)21(31-15-17(2)20(32)30(9)24(31)34)37-22(27)39-43(12,13)26(6,7)8/h15-16,19,21-22H,14H2,1-13H3,(H2,28,29,33)/t19?,21-,22?,27?/m1/s1. The van der Waals surface area contributed by atoms with Gasteiger partial charge >= 0.3 is 11.7 Å². The summed E-state index contributed by atoms with van der Waals surface area (Å²) in [7, 11) is -8.56. The van der Waals surface area contributed by atoms with Gasteiger partial charge in [0.2, 0.25) is 5.60 Å². The summed E-state index contributed by atoms with van der Waals surface area (Å²) >= 11 is 0. The first kappa shape index (κ1) is 35.4. The Morgan fingerprint density at radius 2 is 1.58 bits per heavy atom. The van der Waals surface area contributed by atoms with Gasteiger partial charge in [0.1, 0.15) is 6.10 Å². The molecular weight excluding hydrogens is 613 g/mol. The minimum atomic E-state index is -4.39. The van der Waals surface area contributed by atoms with E-state index in [-0.39, 0.29) is 27.9 Å². The number of carbonyl (C=O) groups is 1. The summed E-state index contributed by atoms with van der Waals surface area (Å²) in [4.78, 5) is 39.1. The lowest BCUT2D eigenvalue weighted by Crippen LogP contribution is -2.61. The van der Waals surface area contributed by atoms with E-state index in [4.69, 9.17) is 17.8 Å². The van der Waals surface area contributed by atoms with Gasteiger partial charge in [-0.25, -0.2) is 13.8 Å². The molecule has 43 heavy (non-hydrogen) atoms. The van der Waals surface area contributed by atoms with Gasteiger partial charge in [0, 0.05) is 25.4 Å². The number of hydrogen-bond donors (Lipinski definition) is 2. The highest BCUT2D eigenvalue weighted by Crippen LogP contribution is 2.54. The van der Waals surface area contributed by atoms with Crippen LogP contribution in [-0.4, -0.2) is 64.8 Å². The number of urea groups is 1. The molecule has 3 heterocycles. The third kappa shape index (κ3) is 6.51. The topological polar surface area (TPSA) is 156 Å². The van der Waals surface area contributed by atoms with E-state index >= 15 is 0 Å². The molecule has 16 heteroatoms. The maximum Gasteiger partial charge on any atom is 0.332 e. The van der Waals surface area contributed by atoms with Crippen molar-refractivity contribution in [1.82, 2.24) is 19.8 Å². The molecule has 3 rings (SSSR count). The first-order chi connectivity index (χ1) is 19.3. The van der Waals surface area contributed by atoms with E-state index in [1.807, 2.05) is 67.7 Å². The van der Waals surface area contributed by atoms with Gasteiger partial charge in [-0.05, 0) is 50.1 Å². The Balaban J connectivity index is 2.42. The van der Waals surface area contributed by atoms with E-state index < -0.39 is 68.3 Å². The van der Waals surface area contributed by atoms with Crippen molar-refractivity contribution in [3.05, 3.63) is 43.7 Å². The zero-order valence-corrected chi connectivity index (χ0v) is 30.4. The van der Waals surface area contributed by atoms with Gasteiger partial charge in [0.05, 0.1) is 11.1 Å². The molecule has 3 unspecified atom stereocenters. The van der Waals surface area contributed by atoms with Crippen LogP contribution in [0.2, 0.25) is 36.3 Å². The van der Waals surface area contributed by atoms with Crippen molar-refractivity contribution in [3.63, 3.8) is 0 Å². The van der Waals surface area contributed by atoms with Gasteiger partial charge in [0.15, 0.2) is 29.2 Å². The number of carbonyl (C=O) groups excluding carboxylic acids is 1. The lowest BCUT2D eigenvalue weighted by molar-refractivity contribution is -0.147. The lowest BCUT2D eigenvalue weighted by Gasteiger charge is -2.45. The molecule has 0 aliphatic carbocycles. The Hall–Kier alpha value is -2.09. The first-order valence-electron chi connectivity index (χ1n) is 14.3. The van der Waals surface area contributed by atoms with E-state index in [1.165, 1.54) is 17.8 Å². The molecule has 4 atom stereocenters. The second kappa shape index (κ2) is 11.4. The molecule has 1 aromatic heterocycles. The molecule has 0 saturated carbocycles. The second-order valence-electron chi connectivity index (χ2n) is 14.3. The first-order valence-corrected chi connectivity index (χ1v) is 21.6. The number of amides is 2. The maximum atomic E-state index is 13.6. The van der Waals surface area contributed by atoms with E-state index in [0.717, 1.165) is 9.98 Å². The molecular formula is C27H48N4O9SSi2. The van der Waals surface area contributed by atoms with E-state index in [2.05, 4.69) is 10.6 Å². The molecule has 13 nitrogen and oxygen atoms in total. The van der Waals surface area contributed by atoms with Gasteiger partial charge in [-0.2, -0.15) is 8.42 Å².